The Labute approximate surface area is 225 Å². The van der Waals surface area contributed by atoms with Gasteiger partial charge in [0, 0.05) is 62.1 Å². The highest BCUT2D eigenvalue weighted by Crippen LogP contribution is 2.38. The molecule has 0 aromatic carbocycles. The molecule has 4 aromatic rings. The number of hydrogen-bond donors (Lipinski definition) is 1. The molecule has 6 rings (SSSR count). The Morgan fingerprint density at radius 1 is 1.08 bits per heavy atom. The normalized spacial score (nSPS) is 16.6. The van der Waals surface area contributed by atoms with Crippen LogP contribution in [0.2, 0.25) is 0 Å². The van der Waals surface area contributed by atoms with Crippen LogP contribution < -0.4 is 4.90 Å². The zero-order valence-electron chi connectivity index (χ0n) is 22.2. The van der Waals surface area contributed by atoms with Crippen molar-refractivity contribution in [2.24, 2.45) is 0 Å². The van der Waals surface area contributed by atoms with Crippen molar-refractivity contribution in [3.05, 3.63) is 60.7 Å². The Bertz CT molecular complexity index is 1540. The number of amides is 3. The van der Waals surface area contributed by atoms with Crippen molar-refractivity contribution in [3.63, 3.8) is 0 Å². The quantitative estimate of drug-likeness (QED) is 0.434. The van der Waals surface area contributed by atoms with Gasteiger partial charge in [-0.1, -0.05) is 0 Å². The van der Waals surface area contributed by atoms with Crippen LogP contribution in [-0.2, 0) is 11.3 Å². The molecule has 39 heavy (non-hydrogen) atoms. The number of urea groups is 1. The maximum atomic E-state index is 13.6. The number of pyridine rings is 3. The molecule has 1 saturated heterocycles. The summed E-state index contributed by atoms with van der Waals surface area (Å²) in [6, 6.07) is 9.30. The number of carbonyl (C=O) groups excluding carboxylic acids is 2. The lowest BCUT2D eigenvalue weighted by molar-refractivity contribution is -0.148. The number of likely N-dealkylation sites (tertiary alicyclic amines) is 1. The van der Waals surface area contributed by atoms with Gasteiger partial charge in [-0.3, -0.25) is 14.7 Å². The first-order valence-corrected chi connectivity index (χ1v) is 13.0. The van der Waals surface area contributed by atoms with Gasteiger partial charge in [0.2, 0.25) is 0 Å². The molecule has 0 bridgehead atoms. The second-order valence-electron chi connectivity index (χ2n) is 10.6. The highest BCUT2D eigenvalue weighted by molar-refractivity contribution is 6.04. The molecule has 0 aliphatic carbocycles. The molecule has 1 fully saturated rings. The summed E-state index contributed by atoms with van der Waals surface area (Å²) in [4.78, 5) is 45.6. The minimum atomic E-state index is -1.42. The Balaban J connectivity index is 1.36. The highest BCUT2D eigenvalue weighted by Gasteiger charge is 2.39. The van der Waals surface area contributed by atoms with Gasteiger partial charge in [-0.05, 0) is 57.0 Å². The van der Waals surface area contributed by atoms with Crippen LogP contribution in [0.15, 0.2) is 55.1 Å². The minimum absolute atomic E-state index is 0.0975. The second kappa shape index (κ2) is 9.42. The van der Waals surface area contributed by atoms with Gasteiger partial charge >= 0.3 is 6.03 Å². The third kappa shape index (κ3) is 4.48. The van der Waals surface area contributed by atoms with E-state index in [1.165, 1.54) is 13.8 Å². The lowest BCUT2D eigenvalue weighted by Crippen LogP contribution is -2.56. The van der Waals surface area contributed by atoms with Crippen LogP contribution in [0, 0.1) is 0 Å². The number of aliphatic hydroxyl groups is 1. The summed E-state index contributed by atoms with van der Waals surface area (Å²) in [5, 5.41) is 14.4. The number of nitrogens with zero attached hydrogens (tertiary/aromatic N) is 8. The Morgan fingerprint density at radius 2 is 1.87 bits per heavy atom. The van der Waals surface area contributed by atoms with E-state index >= 15 is 0 Å². The van der Waals surface area contributed by atoms with Crippen LogP contribution in [0.5, 0.6) is 0 Å². The van der Waals surface area contributed by atoms with Crippen molar-refractivity contribution in [2.45, 2.75) is 44.9 Å². The van der Waals surface area contributed by atoms with Crippen molar-refractivity contribution < 1.29 is 14.7 Å². The van der Waals surface area contributed by atoms with E-state index in [-0.39, 0.29) is 18.0 Å². The van der Waals surface area contributed by atoms with Gasteiger partial charge < -0.3 is 14.9 Å². The summed E-state index contributed by atoms with van der Waals surface area (Å²) in [6.45, 7) is 4.38. The van der Waals surface area contributed by atoms with Crippen LogP contribution in [0.25, 0.3) is 28.1 Å². The molecule has 2 aliphatic rings. The molecular weight excluding hydrogens is 496 g/mol. The number of rotatable bonds is 4. The van der Waals surface area contributed by atoms with Crippen LogP contribution in [0.4, 0.5) is 10.5 Å². The van der Waals surface area contributed by atoms with E-state index in [1.807, 2.05) is 47.6 Å². The lowest BCUT2D eigenvalue weighted by Gasteiger charge is -2.43. The fraction of sp³-hybridized carbons (Fsp3) is 0.357. The SMILES string of the molecule is CN1Cc2cnc3ccc(-c4ccc(-n5cccn5)nc4)nc3c2N(C2CCN(C(=O)C(C)(C)O)CC2)C1=O. The molecule has 0 unspecified atom stereocenters. The van der Waals surface area contributed by atoms with Gasteiger partial charge in [-0.25, -0.2) is 19.4 Å². The van der Waals surface area contributed by atoms with Crippen molar-refractivity contribution in [2.75, 3.05) is 25.0 Å². The van der Waals surface area contributed by atoms with Crippen LogP contribution in [0.3, 0.4) is 0 Å². The van der Waals surface area contributed by atoms with Gasteiger partial charge in [-0.2, -0.15) is 5.10 Å². The molecule has 6 heterocycles. The molecule has 2 aliphatic heterocycles. The fourth-order valence-electron chi connectivity index (χ4n) is 5.37. The molecule has 0 spiro atoms. The third-order valence-corrected chi connectivity index (χ3v) is 7.37. The largest absolute Gasteiger partial charge is 0.381 e. The first-order chi connectivity index (χ1) is 18.7. The predicted octanol–water partition coefficient (Wildman–Crippen LogP) is 3.01. The zero-order valence-corrected chi connectivity index (χ0v) is 22.2. The average molecular weight is 527 g/mol. The molecule has 0 radical (unpaired) electrons. The standard InChI is InChI=1S/C28H30N8O3/c1-28(2,39)26(37)34-13-9-20(10-14-34)36-25-19(17-33(3)27(36)38)16-29-22-7-6-21(32-24(22)25)18-5-8-23(30-15-18)35-12-4-11-31-35/h4-8,11-12,15-16,20,39H,9-10,13-14,17H2,1-3H3. The first kappa shape index (κ1) is 24.9. The van der Waals surface area contributed by atoms with Crippen LogP contribution in [-0.4, -0.2) is 83.4 Å². The average Bonchev–Trinajstić information content (AvgIpc) is 3.48. The van der Waals surface area contributed by atoms with Gasteiger partial charge in [0.15, 0.2) is 5.82 Å². The predicted molar refractivity (Wildman–Crippen MR) is 145 cm³/mol. The van der Waals surface area contributed by atoms with E-state index in [1.54, 1.807) is 33.9 Å². The highest BCUT2D eigenvalue weighted by atomic mass is 16.3. The van der Waals surface area contributed by atoms with Crippen molar-refractivity contribution in [1.29, 1.82) is 0 Å². The molecule has 11 nitrogen and oxygen atoms in total. The molecule has 11 heteroatoms. The van der Waals surface area contributed by atoms with Crippen molar-refractivity contribution in [1.82, 2.24) is 34.5 Å². The lowest BCUT2D eigenvalue weighted by atomic mass is 9.98. The van der Waals surface area contributed by atoms with Gasteiger partial charge in [0.05, 0.1) is 23.4 Å². The molecule has 0 atom stereocenters. The molecule has 3 amide bonds. The summed E-state index contributed by atoms with van der Waals surface area (Å²) >= 11 is 0. The molecule has 0 saturated carbocycles. The van der Waals surface area contributed by atoms with Crippen molar-refractivity contribution >= 4 is 28.7 Å². The molecule has 1 N–H and O–H groups in total. The number of fused-ring (bicyclic) bond motifs is 3. The Kier molecular flexibility index (Phi) is 6.02. The number of piperidine rings is 1. The molecule has 4 aromatic heterocycles. The van der Waals surface area contributed by atoms with E-state index in [2.05, 4.69) is 15.1 Å². The van der Waals surface area contributed by atoms with E-state index in [4.69, 9.17) is 4.98 Å². The number of hydrogen-bond acceptors (Lipinski definition) is 7. The number of anilines is 1. The number of aromatic nitrogens is 5. The summed E-state index contributed by atoms with van der Waals surface area (Å²) in [6.07, 6.45) is 8.33. The Morgan fingerprint density at radius 3 is 2.54 bits per heavy atom. The molecular formula is C28H30N8O3. The fourth-order valence-corrected chi connectivity index (χ4v) is 5.37. The van der Waals surface area contributed by atoms with Crippen LogP contribution in [0.1, 0.15) is 32.3 Å². The van der Waals surface area contributed by atoms with Gasteiger partial charge in [0.1, 0.15) is 11.1 Å². The Hall–Kier alpha value is -4.38. The number of carbonyl (C=O) groups is 2. The zero-order chi connectivity index (χ0) is 27.3. The van der Waals surface area contributed by atoms with E-state index in [9.17, 15) is 14.7 Å². The monoisotopic (exact) mass is 526 g/mol. The van der Waals surface area contributed by atoms with Crippen LogP contribution >= 0.6 is 0 Å². The third-order valence-electron chi connectivity index (χ3n) is 7.37. The maximum absolute atomic E-state index is 13.6. The molecule has 200 valence electrons. The van der Waals surface area contributed by atoms with Gasteiger partial charge in [0.25, 0.3) is 5.91 Å². The summed E-state index contributed by atoms with van der Waals surface area (Å²) in [5.74, 6) is 0.411. The van der Waals surface area contributed by atoms with E-state index < -0.39 is 5.60 Å². The second-order valence-corrected chi connectivity index (χ2v) is 10.6. The summed E-state index contributed by atoms with van der Waals surface area (Å²) < 4.78 is 1.69. The van der Waals surface area contributed by atoms with E-state index in [0.717, 1.165) is 22.5 Å². The summed E-state index contributed by atoms with van der Waals surface area (Å²) in [5.41, 5.74) is 3.22. The van der Waals surface area contributed by atoms with Crippen molar-refractivity contribution in [3.8, 4) is 17.1 Å². The maximum Gasteiger partial charge on any atom is 0.324 e. The first-order valence-electron chi connectivity index (χ1n) is 13.0. The van der Waals surface area contributed by atoms with Gasteiger partial charge in [-0.15, -0.1) is 0 Å². The topological polar surface area (TPSA) is 121 Å². The summed E-state index contributed by atoms with van der Waals surface area (Å²) in [7, 11) is 1.78. The smallest absolute Gasteiger partial charge is 0.324 e. The van der Waals surface area contributed by atoms with E-state index in [0.29, 0.717) is 49.3 Å². The minimum Gasteiger partial charge on any atom is -0.381 e.